The molecule has 0 radical (unpaired) electrons. The van der Waals surface area contributed by atoms with Crippen molar-refractivity contribution in [3.05, 3.63) is 129 Å². The van der Waals surface area contributed by atoms with Crippen molar-refractivity contribution in [1.82, 2.24) is 14.2 Å². The van der Waals surface area contributed by atoms with Crippen LogP contribution >= 0.6 is 8.53 Å². The lowest BCUT2D eigenvalue weighted by Crippen LogP contribution is -2.66. The van der Waals surface area contributed by atoms with Gasteiger partial charge in [-0.15, -0.1) is 0 Å². The van der Waals surface area contributed by atoms with E-state index in [0.717, 1.165) is 16.7 Å². The van der Waals surface area contributed by atoms with Gasteiger partial charge in [-0.05, 0) is 87.4 Å². The van der Waals surface area contributed by atoms with Crippen molar-refractivity contribution in [2.24, 2.45) is 11.8 Å². The maximum absolute atomic E-state index is 14.1. The summed E-state index contributed by atoms with van der Waals surface area (Å²) in [7, 11) is 1.40. The lowest BCUT2D eigenvalue weighted by molar-refractivity contribution is -0.203. The van der Waals surface area contributed by atoms with Gasteiger partial charge in [0.1, 0.15) is 35.5 Å². The van der Waals surface area contributed by atoms with Crippen LogP contribution in [0.1, 0.15) is 83.2 Å². The first-order chi connectivity index (χ1) is 27.5. The molecular weight excluding hydrogens is 743 g/mol. The van der Waals surface area contributed by atoms with Gasteiger partial charge in [0.15, 0.2) is 0 Å². The number of benzene rings is 3. The number of aromatic amines is 1. The Labute approximate surface area is 336 Å². The van der Waals surface area contributed by atoms with E-state index in [1.807, 2.05) is 78.9 Å². The summed E-state index contributed by atoms with van der Waals surface area (Å²) < 4.78 is 36.2. The Morgan fingerprint density at radius 1 is 0.930 bits per heavy atom. The second kappa shape index (κ2) is 18.1. The summed E-state index contributed by atoms with van der Waals surface area (Å²) in [4.78, 5) is 28.4. The summed E-state index contributed by atoms with van der Waals surface area (Å²) in [5, 5.41) is 23.6. The Kier molecular flexibility index (Phi) is 13.4. The molecule has 304 valence electrons. The van der Waals surface area contributed by atoms with Gasteiger partial charge in [0.2, 0.25) is 0 Å². The average molecular weight is 799 g/mol. The molecule has 0 amide bonds. The standard InChI is InChI=1S/C44H55N4O8P/c1-8-31-19-24-37-39(56-57(54-28-12-26-45)48(29(2)3)30(4)5)44(31,55-40(37)47-27-25-38(49)46-42(47)51)41(50)43(32-13-10-9-11-14-32,33-15-20-35(52-6)21-16-33)34-17-22-36(53-7)23-18-34/h9-11,13-18,20-23,25,27,29-31,37,39-41,50H,8,12,19,24,28H2,1-7H3,(H,46,49,51)/t31?,37-,39+,40-,41?,44+,57?/m1/s1. The lowest BCUT2D eigenvalue weighted by Gasteiger charge is -2.54. The molecule has 3 aromatic carbocycles. The largest absolute Gasteiger partial charge is 0.497 e. The van der Waals surface area contributed by atoms with E-state index in [1.54, 1.807) is 14.2 Å². The van der Waals surface area contributed by atoms with Crippen LogP contribution in [0.3, 0.4) is 0 Å². The molecule has 6 rings (SSSR count). The molecular formula is C44H55N4O8P. The van der Waals surface area contributed by atoms with Crippen LogP contribution in [-0.4, -0.2) is 70.0 Å². The number of hydrogen-bond acceptors (Lipinski definition) is 10. The van der Waals surface area contributed by atoms with Crippen molar-refractivity contribution in [1.29, 1.82) is 5.26 Å². The molecule has 1 aliphatic carbocycles. The number of H-pyrrole nitrogens is 1. The molecule has 57 heavy (non-hydrogen) atoms. The van der Waals surface area contributed by atoms with Gasteiger partial charge in [-0.25, -0.2) is 9.46 Å². The number of methoxy groups -OCH3 is 2. The van der Waals surface area contributed by atoms with Crippen molar-refractivity contribution < 1.29 is 28.4 Å². The molecule has 2 heterocycles. The highest BCUT2D eigenvalue weighted by Crippen LogP contribution is 2.64. The maximum Gasteiger partial charge on any atom is 0.330 e. The van der Waals surface area contributed by atoms with Gasteiger partial charge in [0.25, 0.3) is 14.1 Å². The average Bonchev–Trinajstić information content (AvgIpc) is 3.41. The summed E-state index contributed by atoms with van der Waals surface area (Å²) >= 11 is 0. The Balaban J connectivity index is 1.68. The van der Waals surface area contributed by atoms with Gasteiger partial charge in [-0.2, -0.15) is 5.26 Å². The summed E-state index contributed by atoms with van der Waals surface area (Å²) in [6.45, 7) is 10.5. The Morgan fingerprint density at radius 2 is 1.51 bits per heavy atom. The molecule has 2 N–H and O–H groups in total. The third-order valence-electron chi connectivity index (χ3n) is 11.7. The third kappa shape index (κ3) is 7.82. The van der Waals surface area contributed by atoms with Crippen molar-refractivity contribution in [3.8, 4) is 17.6 Å². The zero-order valence-electron chi connectivity index (χ0n) is 33.8. The molecule has 0 spiro atoms. The van der Waals surface area contributed by atoms with E-state index in [0.29, 0.717) is 30.8 Å². The van der Waals surface area contributed by atoms with Crippen molar-refractivity contribution in [3.63, 3.8) is 0 Å². The summed E-state index contributed by atoms with van der Waals surface area (Å²) in [6.07, 6.45) is 0.467. The number of fused-ring (bicyclic) bond motifs is 2. The normalized spacial score (nSPS) is 23.1. The van der Waals surface area contributed by atoms with E-state index >= 15 is 0 Å². The summed E-state index contributed by atoms with van der Waals surface area (Å²) in [5.74, 6) is 0.604. The summed E-state index contributed by atoms with van der Waals surface area (Å²) in [5.41, 5.74) is -1.52. The van der Waals surface area contributed by atoms with E-state index in [9.17, 15) is 20.0 Å². The minimum absolute atomic E-state index is 0.00262. The van der Waals surface area contributed by atoms with E-state index in [4.69, 9.17) is 23.3 Å². The van der Waals surface area contributed by atoms with Crippen molar-refractivity contribution in [2.75, 3.05) is 20.8 Å². The smallest absolute Gasteiger partial charge is 0.330 e. The van der Waals surface area contributed by atoms with E-state index in [-0.39, 0.29) is 31.0 Å². The van der Waals surface area contributed by atoms with Crippen LogP contribution in [-0.2, 0) is 19.2 Å². The van der Waals surface area contributed by atoms with Gasteiger partial charge < -0.3 is 28.4 Å². The fourth-order valence-corrected chi connectivity index (χ4v) is 11.0. The first-order valence-corrected chi connectivity index (χ1v) is 20.9. The molecule has 1 saturated carbocycles. The fraction of sp³-hybridized carbons (Fsp3) is 0.477. The van der Waals surface area contributed by atoms with Crippen LogP contribution in [0, 0.1) is 23.2 Å². The van der Waals surface area contributed by atoms with Crippen LogP contribution in [0.5, 0.6) is 11.5 Å². The first kappa shape index (κ1) is 42.3. The number of aliphatic hydroxyl groups excluding tert-OH is 1. The van der Waals surface area contributed by atoms with Gasteiger partial charge in [-0.3, -0.25) is 14.3 Å². The predicted octanol–water partition coefficient (Wildman–Crippen LogP) is 7.31. The number of hydrogen-bond donors (Lipinski definition) is 2. The summed E-state index contributed by atoms with van der Waals surface area (Å²) in [6, 6.07) is 28.8. The quantitative estimate of drug-likeness (QED) is 0.0633. The Hall–Kier alpha value is -4.34. The fourth-order valence-electron chi connectivity index (χ4n) is 9.22. The van der Waals surface area contributed by atoms with Gasteiger partial charge in [0, 0.05) is 30.3 Å². The minimum atomic E-state index is -1.83. The van der Waals surface area contributed by atoms with Crippen LogP contribution in [0.2, 0.25) is 0 Å². The number of aromatic nitrogens is 2. The van der Waals surface area contributed by atoms with Crippen molar-refractivity contribution in [2.45, 2.75) is 102 Å². The SMILES string of the molecule is CCC1CC[C@H]2[C@H](n3ccc(=O)[nH]c3=O)O[C@]1(C(O)C(c1ccccc1)(c1ccc(OC)cc1)c1ccc(OC)cc1)[C@H]2OP(OCCC#N)N(C(C)C)C(C)C. The lowest BCUT2D eigenvalue weighted by atomic mass is 9.56. The molecule has 1 saturated heterocycles. The van der Waals surface area contributed by atoms with Crippen LogP contribution in [0.25, 0.3) is 0 Å². The first-order valence-electron chi connectivity index (χ1n) is 19.7. The molecule has 2 fully saturated rings. The van der Waals surface area contributed by atoms with Crippen LogP contribution in [0.4, 0.5) is 0 Å². The molecule has 13 heteroatoms. The zero-order chi connectivity index (χ0) is 40.9. The van der Waals surface area contributed by atoms with Gasteiger partial charge in [-0.1, -0.05) is 67.9 Å². The van der Waals surface area contributed by atoms with E-state index in [1.165, 1.54) is 16.8 Å². The highest BCUT2D eigenvalue weighted by Gasteiger charge is 2.70. The number of rotatable bonds is 17. The molecule has 4 aromatic rings. The number of aliphatic hydroxyl groups is 1. The maximum atomic E-state index is 14.1. The molecule has 12 nitrogen and oxygen atoms in total. The number of nitrogens with one attached hydrogen (secondary N) is 1. The Morgan fingerprint density at radius 3 is 2.02 bits per heavy atom. The second-order valence-electron chi connectivity index (χ2n) is 15.3. The highest BCUT2D eigenvalue weighted by atomic mass is 31.2. The van der Waals surface area contributed by atoms with Gasteiger partial charge in [0.05, 0.1) is 38.7 Å². The minimum Gasteiger partial charge on any atom is -0.497 e. The van der Waals surface area contributed by atoms with E-state index < -0.39 is 55.1 Å². The highest BCUT2D eigenvalue weighted by molar-refractivity contribution is 7.44. The molecule has 7 atom stereocenters. The van der Waals surface area contributed by atoms with E-state index in [2.05, 4.69) is 50.3 Å². The molecule has 1 aromatic heterocycles. The number of ether oxygens (including phenoxy) is 3. The monoisotopic (exact) mass is 798 g/mol. The zero-order valence-corrected chi connectivity index (χ0v) is 34.7. The second-order valence-corrected chi connectivity index (χ2v) is 16.7. The molecule has 2 bridgehead atoms. The molecule has 2 aliphatic rings. The van der Waals surface area contributed by atoms with Crippen LogP contribution < -0.4 is 20.7 Å². The third-order valence-corrected chi connectivity index (χ3v) is 13.8. The number of nitrogens with zero attached hydrogens (tertiary/aromatic N) is 3. The predicted molar refractivity (Wildman–Crippen MR) is 219 cm³/mol. The topological polar surface area (TPSA) is 148 Å². The van der Waals surface area contributed by atoms with Gasteiger partial charge >= 0.3 is 5.69 Å². The molecule has 3 unspecified atom stereocenters. The van der Waals surface area contributed by atoms with Crippen molar-refractivity contribution >= 4 is 8.53 Å². The Bertz CT molecular complexity index is 2030. The molecule has 1 aliphatic heterocycles. The number of nitriles is 1. The van der Waals surface area contributed by atoms with Crippen LogP contribution in [0.15, 0.2) is 101 Å².